The van der Waals surface area contributed by atoms with E-state index in [1.807, 2.05) is 35.0 Å². The zero-order valence-electron chi connectivity index (χ0n) is 9.00. The molecule has 0 atom stereocenters. The molecule has 1 aromatic carbocycles. The van der Waals surface area contributed by atoms with Crippen LogP contribution < -0.4 is 0 Å². The van der Waals surface area contributed by atoms with Crippen LogP contribution >= 0.6 is 0 Å². The summed E-state index contributed by atoms with van der Waals surface area (Å²) in [6.07, 6.45) is 1.82. The number of aliphatic imine (C=N–C) groups is 1. The van der Waals surface area contributed by atoms with Gasteiger partial charge in [-0.05, 0) is 18.2 Å². The molecule has 0 radical (unpaired) electrons. The van der Waals surface area contributed by atoms with Crippen molar-refractivity contribution >= 4 is 18.0 Å². The second kappa shape index (κ2) is 3.59. The van der Waals surface area contributed by atoms with Crippen molar-refractivity contribution < 1.29 is 9.90 Å². The Hall–Kier alpha value is -2.36. The van der Waals surface area contributed by atoms with Crippen molar-refractivity contribution in [3.63, 3.8) is 0 Å². The molecule has 0 saturated carbocycles. The maximum atomic E-state index is 11.2. The van der Waals surface area contributed by atoms with Crippen LogP contribution in [-0.2, 0) is 6.54 Å². The molecule has 0 aliphatic carbocycles. The van der Waals surface area contributed by atoms with Crippen molar-refractivity contribution in [1.82, 2.24) is 4.57 Å². The maximum Gasteiger partial charge on any atom is 0.336 e. The van der Waals surface area contributed by atoms with Gasteiger partial charge in [0.15, 0.2) is 0 Å². The van der Waals surface area contributed by atoms with Crippen molar-refractivity contribution in [3.8, 4) is 11.3 Å². The summed E-state index contributed by atoms with van der Waals surface area (Å²) >= 11 is 0. The predicted octanol–water partition coefficient (Wildman–Crippen LogP) is 2.57. The van der Waals surface area contributed by atoms with E-state index in [2.05, 4.69) is 4.99 Å². The number of carboxylic acids is 1. The van der Waals surface area contributed by atoms with Gasteiger partial charge in [-0.25, -0.2) is 9.79 Å². The van der Waals surface area contributed by atoms with Crippen LogP contribution in [0.25, 0.3) is 11.3 Å². The van der Waals surface area contributed by atoms with Gasteiger partial charge in [0.2, 0.25) is 0 Å². The third-order valence-corrected chi connectivity index (χ3v) is 2.88. The molecular weight excluding hydrogens is 216 g/mol. The van der Waals surface area contributed by atoms with Gasteiger partial charge in [-0.3, -0.25) is 0 Å². The molecule has 2 aromatic rings. The quantitative estimate of drug-likeness (QED) is 0.855. The average molecular weight is 226 g/mol. The number of hydrogen-bond acceptors (Lipinski definition) is 2. The molecule has 0 saturated heterocycles. The second-order valence-electron chi connectivity index (χ2n) is 3.85. The summed E-state index contributed by atoms with van der Waals surface area (Å²) in [4.78, 5) is 15.4. The SMILES string of the molecule is O=C(O)c1ccccc1-c1ccc2n1CC=N2. The fourth-order valence-electron chi connectivity index (χ4n) is 2.11. The largest absolute Gasteiger partial charge is 0.478 e. The minimum absolute atomic E-state index is 0.320. The first kappa shape index (κ1) is 9.84. The smallest absolute Gasteiger partial charge is 0.336 e. The van der Waals surface area contributed by atoms with E-state index in [0.29, 0.717) is 12.1 Å². The maximum absolute atomic E-state index is 11.2. The minimum Gasteiger partial charge on any atom is -0.478 e. The molecule has 2 heterocycles. The topological polar surface area (TPSA) is 54.6 Å². The number of benzene rings is 1. The summed E-state index contributed by atoms with van der Waals surface area (Å²) in [5.41, 5.74) is 1.95. The summed E-state index contributed by atoms with van der Waals surface area (Å²) in [5, 5.41) is 9.17. The standard InChI is InChI=1S/C13H10N2O2/c16-13(17)10-4-2-1-3-9(10)11-5-6-12-14-7-8-15(11)12/h1-7H,8H2,(H,16,17). The van der Waals surface area contributed by atoms with Gasteiger partial charge in [-0.2, -0.15) is 0 Å². The fourth-order valence-corrected chi connectivity index (χ4v) is 2.11. The average Bonchev–Trinajstić information content (AvgIpc) is 2.90. The number of aromatic nitrogens is 1. The zero-order valence-corrected chi connectivity index (χ0v) is 9.00. The molecule has 84 valence electrons. The summed E-state index contributed by atoms with van der Waals surface area (Å²) < 4.78 is 2.00. The van der Waals surface area contributed by atoms with Gasteiger partial charge in [0, 0.05) is 11.8 Å². The molecule has 0 bridgehead atoms. The van der Waals surface area contributed by atoms with Gasteiger partial charge < -0.3 is 9.67 Å². The van der Waals surface area contributed by atoms with Crippen LogP contribution in [0.5, 0.6) is 0 Å². The summed E-state index contributed by atoms with van der Waals surface area (Å²) in [6, 6.07) is 10.8. The monoisotopic (exact) mass is 226 g/mol. The van der Waals surface area contributed by atoms with Gasteiger partial charge >= 0.3 is 5.97 Å². The van der Waals surface area contributed by atoms with Crippen LogP contribution in [0.3, 0.4) is 0 Å². The Kier molecular flexibility index (Phi) is 2.08. The van der Waals surface area contributed by atoms with E-state index in [0.717, 1.165) is 17.1 Å². The normalized spacial score (nSPS) is 12.7. The Morgan fingerprint density at radius 1 is 1.24 bits per heavy atom. The molecule has 1 aliphatic rings. The third-order valence-electron chi connectivity index (χ3n) is 2.88. The number of nitrogens with zero attached hydrogens (tertiary/aromatic N) is 2. The first-order chi connectivity index (χ1) is 8.27. The Labute approximate surface area is 97.8 Å². The van der Waals surface area contributed by atoms with E-state index >= 15 is 0 Å². The van der Waals surface area contributed by atoms with E-state index in [1.165, 1.54) is 0 Å². The minimum atomic E-state index is -0.907. The van der Waals surface area contributed by atoms with Crippen LogP contribution in [0.15, 0.2) is 41.4 Å². The number of carboxylic acid groups (broad SMARTS) is 1. The van der Waals surface area contributed by atoms with Gasteiger partial charge in [-0.15, -0.1) is 0 Å². The lowest BCUT2D eigenvalue weighted by Crippen LogP contribution is -2.02. The fraction of sp³-hybridized carbons (Fsp3) is 0.0769. The Morgan fingerprint density at radius 2 is 2.06 bits per heavy atom. The summed E-state index contributed by atoms with van der Waals surface area (Å²) in [6.45, 7) is 0.700. The van der Waals surface area contributed by atoms with Crippen molar-refractivity contribution in [2.45, 2.75) is 6.54 Å². The van der Waals surface area contributed by atoms with Crippen LogP contribution in [0, 0.1) is 0 Å². The van der Waals surface area contributed by atoms with Crippen molar-refractivity contribution in [1.29, 1.82) is 0 Å². The highest BCUT2D eigenvalue weighted by Crippen LogP contribution is 2.31. The Bertz CT molecular complexity index is 626. The molecule has 4 nitrogen and oxygen atoms in total. The number of rotatable bonds is 2. The van der Waals surface area contributed by atoms with Gasteiger partial charge in [-0.1, -0.05) is 18.2 Å². The highest BCUT2D eigenvalue weighted by Gasteiger charge is 2.17. The first-order valence-corrected chi connectivity index (χ1v) is 5.32. The molecule has 17 heavy (non-hydrogen) atoms. The predicted molar refractivity (Wildman–Crippen MR) is 65.0 cm³/mol. The number of carbonyl (C=O) groups is 1. The van der Waals surface area contributed by atoms with E-state index in [9.17, 15) is 9.90 Å². The van der Waals surface area contributed by atoms with Gasteiger partial charge in [0.25, 0.3) is 0 Å². The van der Waals surface area contributed by atoms with E-state index in [1.54, 1.807) is 12.1 Å². The van der Waals surface area contributed by atoms with E-state index < -0.39 is 5.97 Å². The van der Waals surface area contributed by atoms with Crippen molar-refractivity contribution in [2.75, 3.05) is 0 Å². The van der Waals surface area contributed by atoms with Crippen LogP contribution in [0.4, 0.5) is 5.82 Å². The lowest BCUT2D eigenvalue weighted by atomic mass is 10.0. The molecule has 0 unspecified atom stereocenters. The zero-order chi connectivity index (χ0) is 11.8. The number of aromatic carboxylic acids is 1. The molecular formula is C13H10N2O2. The lowest BCUT2D eigenvalue weighted by Gasteiger charge is -2.08. The van der Waals surface area contributed by atoms with Crippen molar-refractivity contribution in [2.24, 2.45) is 4.99 Å². The number of hydrogen-bond donors (Lipinski definition) is 1. The van der Waals surface area contributed by atoms with Gasteiger partial charge in [0.1, 0.15) is 5.82 Å². The first-order valence-electron chi connectivity index (χ1n) is 5.32. The molecule has 1 aliphatic heterocycles. The second-order valence-corrected chi connectivity index (χ2v) is 3.85. The molecule has 1 aromatic heterocycles. The van der Waals surface area contributed by atoms with Crippen LogP contribution in [0.2, 0.25) is 0 Å². The molecule has 4 heteroatoms. The Balaban J connectivity index is 2.19. The van der Waals surface area contributed by atoms with Crippen LogP contribution in [-0.4, -0.2) is 21.9 Å². The molecule has 0 fully saturated rings. The van der Waals surface area contributed by atoms with Crippen molar-refractivity contribution in [3.05, 3.63) is 42.0 Å². The van der Waals surface area contributed by atoms with Crippen LogP contribution in [0.1, 0.15) is 10.4 Å². The summed E-state index contributed by atoms with van der Waals surface area (Å²) in [5.74, 6) is -0.0322. The van der Waals surface area contributed by atoms with E-state index in [4.69, 9.17) is 0 Å². The Morgan fingerprint density at radius 3 is 2.88 bits per heavy atom. The summed E-state index contributed by atoms with van der Waals surface area (Å²) in [7, 11) is 0. The highest BCUT2D eigenvalue weighted by atomic mass is 16.4. The van der Waals surface area contributed by atoms with Gasteiger partial charge in [0.05, 0.1) is 17.8 Å². The number of fused-ring (bicyclic) bond motifs is 1. The molecule has 1 N–H and O–H groups in total. The lowest BCUT2D eigenvalue weighted by molar-refractivity contribution is 0.0697. The van der Waals surface area contributed by atoms with E-state index in [-0.39, 0.29) is 0 Å². The molecule has 3 rings (SSSR count). The highest BCUT2D eigenvalue weighted by molar-refractivity contribution is 5.96. The molecule has 0 spiro atoms. The third kappa shape index (κ3) is 1.45. The molecule has 0 amide bonds.